The number of hydrogen-bond acceptors (Lipinski definition) is 5. The van der Waals surface area contributed by atoms with Crippen LogP contribution in [-0.2, 0) is 6.54 Å². The standard InChI is InChI=1S/C14H15ClN4O2/c1-3-18(9-11-7-5-4-6-8-11)13-12(19(20)21)10(2)16-14(15)17-13/h4-8H,3,9H2,1-2H3. The van der Waals surface area contributed by atoms with Gasteiger partial charge in [-0.05, 0) is 31.0 Å². The largest absolute Gasteiger partial charge is 0.347 e. The van der Waals surface area contributed by atoms with Crippen LogP contribution < -0.4 is 4.90 Å². The third-order valence-electron chi connectivity index (χ3n) is 3.09. The number of aryl methyl sites for hydroxylation is 1. The molecule has 0 unspecified atom stereocenters. The average molecular weight is 307 g/mol. The first-order chi connectivity index (χ1) is 10.0. The molecule has 0 N–H and O–H groups in total. The van der Waals surface area contributed by atoms with Crippen LogP contribution in [0.5, 0.6) is 0 Å². The third-order valence-corrected chi connectivity index (χ3v) is 3.26. The van der Waals surface area contributed by atoms with Gasteiger partial charge in [0, 0.05) is 13.1 Å². The van der Waals surface area contributed by atoms with Crippen molar-refractivity contribution in [1.82, 2.24) is 9.97 Å². The molecule has 7 heteroatoms. The Bertz CT molecular complexity index is 649. The van der Waals surface area contributed by atoms with Gasteiger partial charge >= 0.3 is 5.69 Å². The molecule has 0 bridgehead atoms. The number of halogens is 1. The van der Waals surface area contributed by atoms with Gasteiger partial charge < -0.3 is 4.90 Å². The summed E-state index contributed by atoms with van der Waals surface area (Å²) in [5.41, 5.74) is 1.21. The Kier molecular flexibility index (Phi) is 4.70. The Hall–Kier alpha value is -2.21. The van der Waals surface area contributed by atoms with E-state index in [2.05, 4.69) is 9.97 Å². The average Bonchev–Trinajstić information content (AvgIpc) is 2.44. The van der Waals surface area contributed by atoms with Crippen LogP contribution >= 0.6 is 11.6 Å². The summed E-state index contributed by atoms with van der Waals surface area (Å²) in [6.45, 7) is 4.57. The molecule has 0 amide bonds. The Morgan fingerprint density at radius 1 is 1.29 bits per heavy atom. The van der Waals surface area contributed by atoms with Gasteiger partial charge in [-0.1, -0.05) is 30.3 Å². The second-order valence-corrected chi connectivity index (χ2v) is 4.85. The van der Waals surface area contributed by atoms with Gasteiger partial charge in [-0.2, -0.15) is 4.98 Å². The summed E-state index contributed by atoms with van der Waals surface area (Å²) >= 11 is 5.86. The van der Waals surface area contributed by atoms with Crippen LogP contribution in [0.4, 0.5) is 11.5 Å². The summed E-state index contributed by atoms with van der Waals surface area (Å²) < 4.78 is 0. The number of aromatic nitrogens is 2. The molecule has 1 heterocycles. The zero-order valence-electron chi connectivity index (χ0n) is 11.8. The lowest BCUT2D eigenvalue weighted by Crippen LogP contribution is -2.24. The number of anilines is 1. The monoisotopic (exact) mass is 306 g/mol. The summed E-state index contributed by atoms with van der Waals surface area (Å²) in [7, 11) is 0. The fourth-order valence-corrected chi connectivity index (χ4v) is 2.30. The van der Waals surface area contributed by atoms with Crippen LogP contribution in [0.3, 0.4) is 0 Å². The molecule has 0 atom stereocenters. The van der Waals surface area contributed by atoms with Gasteiger partial charge in [0.25, 0.3) is 0 Å². The maximum atomic E-state index is 11.3. The van der Waals surface area contributed by atoms with Crippen LogP contribution in [0.15, 0.2) is 30.3 Å². The van der Waals surface area contributed by atoms with Gasteiger partial charge in [-0.15, -0.1) is 0 Å². The number of benzene rings is 1. The molecule has 21 heavy (non-hydrogen) atoms. The minimum Gasteiger partial charge on any atom is -0.347 e. The van der Waals surface area contributed by atoms with Crippen molar-refractivity contribution in [3.8, 4) is 0 Å². The van der Waals surface area contributed by atoms with Crippen molar-refractivity contribution in [3.05, 3.63) is 57.0 Å². The quantitative estimate of drug-likeness (QED) is 0.481. The SMILES string of the molecule is CCN(Cc1ccccc1)c1nc(Cl)nc(C)c1[N+](=O)[O-]. The predicted octanol–water partition coefficient (Wildman–Crippen LogP) is 3.37. The van der Waals surface area contributed by atoms with Crippen molar-refractivity contribution >= 4 is 23.1 Å². The number of hydrogen-bond donors (Lipinski definition) is 0. The van der Waals surface area contributed by atoms with Gasteiger partial charge in [-0.25, -0.2) is 4.98 Å². The molecule has 0 aliphatic rings. The summed E-state index contributed by atoms with van der Waals surface area (Å²) in [6, 6.07) is 9.70. The molecule has 0 aliphatic heterocycles. The molecule has 0 aliphatic carbocycles. The van der Waals surface area contributed by atoms with Crippen molar-refractivity contribution in [1.29, 1.82) is 0 Å². The van der Waals surface area contributed by atoms with E-state index in [0.717, 1.165) is 5.56 Å². The Morgan fingerprint density at radius 3 is 2.52 bits per heavy atom. The summed E-state index contributed by atoms with van der Waals surface area (Å²) in [4.78, 5) is 20.6. The van der Waals surface area contributed by atoms with Gasteiger partial charge in [0.1, 0.15) is 5.69 Å². The molecule has 0 saturated carbocycles. The van der Waals surface area contributed by atoms with Crippen LogP contribution in [0.2, 0.25) is 5.28 Å². The fraction of sp³-hybridized carbons (Fsp3) is 0.286. The molecule has 2 aromatic rings. The highest BCUT2D eigenvalue weighted by Crippen LogP contribution is 2.30. The van der Waals surface area contributed by atoms with E-state index in [-0.39, 0.29) is 22.5 Å². The Labute approximate surface area is 127 Å². The predicted molar refractivity (Wildman–Crippen MR) is 81.6 cm³/mol. The zero-order valence-corrected chi connectivity index (χ0v) is 12.5. The smallest absolute Gasteiger partial charge is 0.332 e. The molecule has 1 aromatic heterocycles. The molecule has 0 fully saturated rings. The van der Waals surface area contributed by atoms with E-state index in [0.29, 0.717) is 13.1 Å². The van der Waals surface area contributed by atoms with Crippen LogP contribution in [0.1, 0.15) is 18.2 Å². The number of nitrogens with zero attached hydrogens (tertiary/aromatic N) is 4. The molecule has 6 nitrogen and oxygen atoms in total. The third kappa shape index (κ3) is 3.46. The van der Waals surface area contributed by atoms with E-state index < -0.39 is 4.92 Å². The molecule has 0 saturated heterocycles. The highest BCUT2D eigenvalue weighted by molar-refractivity contribution is 6.28. The molecule has 1 aromatic carbocycles. The zero-order chi connectivity index (χ0) is 15.4. The Morgan fingerprint density at radius 2 is 1.95 bits per heavy atom. The summed E-state index contributed by atoms with van der Waals surface area (Å²) in [6.07, 6.45) is 0. The van der Waals surface area contributed by atoms with Gasteiger partial charge in [0.2, 0.25) is 11.1 Å². The van der Waals surface area contributed by atoms with Crippen molar-refractivity contribution in [3.63, 3.8) is 0 Å². The van der Waals surface area contributed by atoms with Crippen LogP contribution in [-0.4, -0.2) is 21.4 Å². The lowest BCUT2D eigenvalue weighted by Gasteiger charge is -2.22. The second kappa shape index (κ2) is 6.49. The summed E-state index contributed by atoms with van der Waals surface area (Å²) in [5, 5.41) is 11.3. The minimum absolute atomic E-state index is 0.0135. The van der Waals surface area contributed by atoms with Gasteiger partial charge in [-0.3, -0.25) is 10.1 Å². The lowest BCUT2D eigenvalue weighted by molar-refractivity contribution is -0.385. The molecular formula is C14H15ClN4O2. The first-order valence-corrected chi connectivity index (χ1v) is 6.88. The fourth-order valence-electron chi connectivity index (χ4n) is 2.09. The number of nitro groups is 1. The van der Waals surface area contributed by atoms with E-state index in [9.17, 15) is 10.1 Å². The molecule has 0 radical (unpaired) electrons. The molecular weight excluding hydrogens is 292 g/mol. The maximum Gasteiger partial charge on any atom is 0.332 e. The van der Waals surface area contributed by atoms with E-state index >= 15 is 0 Å². The van der Waals surface area contributed by atoms with Crippen molar-refractivity contribution < 1.29 is 4.92 Å². The maximum absolute atomic E-state index is 11.3. The number of rotatable bonds is 5. The first kappa shape index (κ1) is 15.2. The van der Waals surface area contributed by atoms with Gasteiger partial charge in [0.05, 0.1) is 4.92 Å². The molecule has 110 valence electrons. The van der Waals surface area contributed by atoms with Crippen molar-refractivity contribution in [2.75, 3.05) is 11.4 Å². The molecule has 0 spiro atoms. The van der Waals surface area contributed by atoms with Crippen LogP contribution in [0, 0.1) is 17.0 Å². The lowest BCUT2D eigenvalue weighted by atomic mass is 10.2. The highest BCUT2D eigenvalue weighted by atomic mass is 35.5. The Balaban J connectivity index is 2.44. The minimum atomic E-state index is -0.464. The van der Waals surface area contributed by atoms with E-state index in [1.807, 2.05) is 42.2 Å². The normalized spacial score (nSPS) is 10.4. The van der Waals surface area contributed by atoms with Crippen molar-refractivity contribution in [2.45, 2.75) is 20.4 Å². The van der Waals surface area contributed by atoms with Crippen molar-refractivity contribution in [2.24, 2.45) is 0 Å². The topological polar surface area (TPSA) is 72.2 Å². The van der Waals surface area contributed by atoms with Crippen LogP contribution in [0.25, 0.3) is 0 Å². The summed E-state index contributed by atoms with van der Waals surface area (Å²) in [5.74, 6) is 0.254. The van der Waals surface area contributed by atoms with E-state index in [1.165, 1.54) is 0 Å². The molecule has 2 rings (SSSR count). The van der Waals surface area contributed by atoms with E-state index in [1.54, 1.807) is 6.92 Å². The van der Waals surface area contributed by atoms with Gasteiger partial charge in [0.15, 0.2) is 0 Å². The first-order valence-electron chi connectivity index (χ1n) is 6.50. The highest BCUT2D eigenvalue weighted by Gasteiger charge is 2.25. The second-order valence-electron chi connectivity index (χ2n) is 4.51. The van der Waals surface area contributed by atoms with E-state index in [4.69, 9.17) is 11.6 Å².